The Balaban J connectivity index is 0.00000208. The number of fused-ring (bicyclic) bond motifs is 1. The van der Waals surface area contributed by atoms with Gasteiger partial charge in [0.15, 0.2) is 0 Å². The molecule has 1 aliphatic rings. The molecule has 1 unspecified atom stereocenters. The van der Waals surface area contributed by atoms with Gasteiger partial charge < -0.3 is 11.5 Å². The molecule has 0 aromatic carbocycles. The van der Waals surface area contributed by atoms with Gasteiger partial charge in [0.1, 0.15) is 0 Å². The second-order valence-electron chi connectivity index (χ2n) is 5.31. The molecule has 6 nitrogen and oxygen atoms in total. The lowest BCUT2D eigenvalue weighted by Gasteiger charge is -2.25. The summed E-state index contributed by atoms with van der Waals surface area (Å²) in [6.45, 7) is 1.97. The predicted octanol–water partition coefficient (Wildman–Crippen LogP) is 3.28. The second kappa shape index (κ2) is 7.65. The van der Waals surface area contributed by atoms with E-state index in [9.17, 15) is 0 Å². The number of rotatable bonds is 2. The Morgan fingerprint density at radius 1 is 1.33 bits per heavy atom. The molecule has 1 atom stereocenters. The minimum atomic E-state index is -0.0857. The van der Waals surface area contributed by atoms with E-state index in [4.69, 9.17) is 34.7 Å². The Kier molecular flexibility index (Phi) is 6.03. The van der Waals surface area contributed by atoms with Gasteiger partial charge in [0.2, 0.25) is 5.96 Å². The van der Waals surface area contributed by atoms with Gasteiger partial charge in [-0.05, 0) is 42.9 Å². The number of hydrogen-bond donors (Lipinski definition) is 2. The Bertz CT molecular complexity index is 813. The smallest absolute Gasteiger partial charge is 0.211 e. The number of aromatic nitrogens is 2. The van der Waals surface area contributed by atoms with Crippen LogP contribution < -0.4 is 11.5 Å². The Morgan fingerprint density at radius 3 is 2.71 bits per heavy atom. The average Bonchev–Trinajstić information content (AvgIpc) is 2.83. The van der Waals surface area contributed by atoms with Crippen LogP contribution in [0.3, 0.4) is 0 Å². The molecule has 128 valence electrons. The third-order valence-electron chi connectivity index (χ3n) is 3.69. The number of guanidine groups is 1. The molecule has 0 radical (unpaired) electrons. The van der Waals surface area contributed by atoms with E-state index in [-0.39, 0.29) is 24.3 Å². The molecule has 0 saturated carbocycles. The number of aryl methyl sites for hydroxylation is 1. The lowest BCUT2D eigenvalue weighted by molar-refractivity contribution is 0.667. The summed E-state index contributed by atoms with van der Waals surface area (Å²) in [6, 6.07) is 1.89. The van der Waals surface area contributed by atoms with Crippen LogP contribution in [0, 0.1) is 6.92 Å². The molecule has 0 fully saturated rings. The highest BCUT2D eigenvalue weighted by Crippen LogP contribution is 2.41. The van der Waals surface area contributed by atoms with Crippen LogP contribution >= 0.6 is 46.9 Å². The Labute approximate surface area is 159 Å². The van der Waals surface area contributed by atoms with Crippen LogP contribution in [0.2, 0.25) is 8.67 Å². The zero-order chi connectivity index (χ0) is 16.6. The summed E-state index contributed by atoms with van der Waals surface area (Å²) in [5, 5.41) is 16.3. The van der Waals surface area contributed by atoms with Crippen molar-refractivity contribution >= 4 is 58.6 Å². The fraction of sp³-hybridized carbons (Fsp3) is 0.286. The Morgan fingerprint density at radius 2 is 2.08 bits per heavy atom. The highest BCUT2D eigenvalue weighted by Gasteiger charge is 2.30. The molecule has 1 aliphatic carbocycles. The number of hydrogen-bond acceptors (Lipinski definition) is 5. The van der Waals surface area contributed by atoms with Gasteiger partial charge in [0.05, 0.1) is 26.3 Å². The molecule has 24 heavy (non-hydrogen) atoms. The summed E-state index contributed by atoms with van der Waals surface area (Å²) in [5.41, 5.74) is 15.4. The first kappa shape index (κ1) is 18.9. The summed E-state index contributed by atoms with van der Waals surface area (Å²) < 4.78 is 1.35. The molecule has 3 rings (SSSR count). The molecule has 0 spiro atoms. The summed E-state index contributed by atoms with van der Waals surface area (Å²) in [6.07, 6.45) is 3.08. The number of halogens is 3. The monoisotopic (exact) mass is 404 g/mol. The molecule has 2 heterocycles. The summed E-state index contributed by atoms with van der Waals surface area (Å²) >= 11 is 13.7. The molecule has 2 aromatic heterocycles. The van der Waals surface area contributed by atoms with Gasteiger partial charge in [0, 0.05) is 5.56 Å². The minimum Gasteiger partial charge on any atom is -0.369 e. The highest BCUT2D eigenvalue weighted by molar-refractivity contribution is 7.20. The van der Waals surface area contributed by atoms with Gasteiger partial charge in [-0.15, -0.1) is 28.8 Å². The van der Waals surface area contributed by atoms with Crippen molar-refractivity contribution in [3.8, 4) is 0 Å². The van der Waals surface area contributed by atoms with E-state index in [0.29, 0.717) is 15.1 Å². The summed E-state index contributed by atoms with van der Waals surface area (Å²) in [7, 11) is 0. The molecule has 10 heteroatoms. The average molecular weight is 406 g/mol. The van der Waals surface area contributed by atoms with Gasteiger partial charge in [-0.25, -0.2) is 0 Å². The molecule has 2 aromatic rings. The second-order valence-corrected chi connectivity index (χ2v) is 7.59. The largest absolute Gasteiger partial charge is 0.369 e. The molecule has 0 bridgehead atoms. The standard InChI is InChI=1S/C14H14Cl2N6S.ClH/c1-6-5-19-20-9-2-7(8-4-11(15)23-13(8)16)3-10(12(6)9)21-22-14(17)18;/h4-5,7H,2-3H2,1H3,(H4,17,18,22);1H/b21-10+;. The molecule has 0 amide bonds. The van der Waals surface area contributed by atoms with E-state index in [0.717, 1.165) is 34.5 Å². The highest BCUT2D eigenvalue weighted by atomic mass is 35.5. The lowest BCUT2D eigenvalue weighted by atomic mass is 9.81. The van der Waals surface area contributed by atoms with E-state index in [2.05, 4.69) is 20.4 Å². The third-order valence-corrected chi connectivity index (χ3v) is 5.21. The van der Waals surface area contributed by atoms with Crippen LogP contribution in [0.5, 0.6) is 0 Å². The zero-order valence-electron chi connectivity index (χ0n) is 12.7. The van der Waals surface area contributed by atoms with E-state index in [1.807, 2.05) is 13.0 Å². The first-order valence-electron chi connectivity index (χ1n) is 6.87. The van der Waals surface area contributed by atoms with Crippen LogP contribution in [0.25, 0.3) is 0 Å². The normalized spacial score (nSPS) is 18.0. The molecule has 4 N–H and O–H groups in total. The molecular weight excluding hydrogens is 391 g/mol. The maximum absolute atomic E-state index is 6.30. The van der Waals surface area contributed by atoms with Crippen molar-refractivity contribution in [2.75, 3.05) is 0 Å². The lowest BCUT2D eigenvalue weighted by Crippen LogP contribution is -2.24. The van der Waals surface area contributed by atoms with Crippen LogP contribution in [-0.4, -0.2) is 21.9 Å². The van der Waals surface area contributed by atoms with Crippen LogP contribution in [0.4, 0.5) is 0 Å². The van der Waals surface area contributed by atoms with Crippen molar-refractivity contribution < 1.29 is 0 Å². The van der Waals surface area contributed by atoms with Gasteiger partial charge >= 0.3 is 0 Å². The Hall–Kier alpha value is -1.41. The number of nitrogens with two attached hydrogens (primary N) is 2. The van der Waals surface area contributed by atoms with Crippen molar-refractivity contribution in [2.24, 2.45) is 21.7 Å². The van der Waals surface area contributed by atoms with Gasteiger partial charge in [-0.2, -0.15) is 15.3 Å². The number of nitrogens with zero attached hydrogens (tertiary/aromatic N) is 4. The summed E-state index contributed by atoms with van der Waals surface area (Å²) in [4.78, 5) is 0. The molecule has 0 saturated heterocycles. The maximum atomic E-state index is 6.30. The van der Waals surface area contributed by atoms with Gasteiger partial charge in [0.25, 0.3) is 0 Å². The molecular formula is C14H15Cl3N6S. The maximum Gasteiger partial charge on any atom is 0.211 e. The van der Waals surface area contributed by atoms with Gasteiger partial charge in [-0.3, -0.25) is 0 Å². The van der Waals surface area contributed by atoms with Crippen molar-refractivity contribution in [2.45, 2.75) is 25.7 Å². The van der Waals surface area contributed by atoms with E-state index in [1.165, 1.54) is 11.3 Å². The predicted molar refractivity (Wildman–Crippen MR) is 102 cm³/mol. The minimum absolute atomic E-state index is 0. The van der Waals surface area contributed by atoms with Crippen LogP contribution in [0.15, 0.2) is 22.5 Å². The zero-order valence-corrected chi connectivity index (χ0v) is 15.8. The van der Waals surface area contributed by atoms with Crippen molar-refractivity contribution in [3.05, 3.63) is 43.3 Å². The topological polar surface area (TPSA) is 103 Å². The van der Waals surface area contributed by atoms with E-state index < -0.39 is 0 Å². The van der Waals surface area contributed by atoms with Crippen LogP contribution in [0.1, 0.15) is 34.7 Å². The fourth-order valence-electron chi connectivity index (χ4n) is 2.77. The van der Waals surface area contributed by atoms with Crippen molar-refractivity contribution in [1.29, 1.82) is 0 Å². The van der Waals surface area contributed by atoms with Crippen LogP contribution in [-0.2, 0) is 6.42 Å². The fourth-order valence-corrected chi connectivity index (χ4v) is 4.39. The first-order chi connectivity index (χ1) is 11.0. The first-order valence-corrected chi connectivity index (χ1v) is 8.44. The third kappa shape index (κ3) is 3.80. The van der Waals surface area contributed by atoms with Gasteiger partial charge in [-0.1, -0.05) is 23.2 Å². The molecule has 0 aliphatic heterocycles. The van der Waals surface area contributed by atoms with Crippen molar-refractivity contribution in [1.82, 2.24) is 10.2 Å². The van der Waals surface area contributed by atoms with E-state index in [1.54, 1.807) is 6.20 Å². The SMILES string of the molecule is Cc1cnnc2c1/C(=N/N=C(N)N)CC(c1cc(Cl)sc1Cl)C2.Cl. The van der Waals surface area contributed by atoms with E-state index >= 15 is 0 Å². The van der Waals surface area contributed by atoms with Crippen molar-refractivity contribution in [3.63, 3.8) is 0 Å². The number of thiophene rings is 1. The quantitative estimate of drug-likeness (QED) is 0.454. The summed E-state index contributed by atoms with van der Waals surface area (Å²) in [5.74, 6) is 0.0280.